The van der Waals surface area contributed by atoms with Crippen LogP contribution in [0.1, 0.15) is 5.56 Å². The zero-order chi connectivity index (χ0) is 17.4. The quantitative estimate of drug-likeness (QED) is 0.759. The van der Waals surface area contributed by atoms with Crippen LogP contribution in [-0.4, -0.2) is 8.42 Å². The van der Waals surface area contributed by atoms with E-state index in [1.807, 2.05) is 48.5 Å². The third-order valence-electron chi connectivity index (χ3n) is 4.04. The van der Waals surface area contributed by atoms with Gasteiger partial charge < -0.3 is 4.18 Å². The molecule has 6 heteroatoms. The van der Waals surface area contributed by atoms with Crippen LogP contribution in [0.4, 0.5) is 4.39 Å². The molecule has 4 rings (SSSR count). The summed E-state index contributed by atoms with van der Waals surface area (Å²) >= 11 is 0. The number of nitrogens with one attached hydrogen (secondary N) is 1. The van der Waals surface area contributed by atoms with Gasteiger partial charge in [0.05, 0.1) is 0 Å². The first-order valence-electron chi connectivity index (χ1n) is 7.69. The molecule has 0 saturated heterocycles. The van der Waals surface area contributed by atoms with Gasteiger partial charge in [-0.25, -0.2) is 4.39 Å². The molecule has 0 aliphatic carbocycles. The molecule has 3 aromatic rings. The Morgan fingerprint density at radius 3 is 2.40 bits per heavy atom. The van der Waals surface area contributed by atoms with Gasteiger partial charge in [-0.05, 0) is 34.9 Å². The first kappa shape index (κ1) is 15.8. The molecule has 0 aromatic heterocycles. The van der Waals surface area contributed by atoms with E-state index in [2.05, 4.69) is 4.72 Å². The summed E-state index contributed by atoms with van der Waals surface area (Å²) in [5.41, 5.74) is 3.54. The smallest absolute Gasteiger partial charge is 0.370 e. The summed E-state index contributed by atoms with van der Waals surface area (Å²) in [6, 6.07) is 19.8. The second kappa shape index (κ2) is 5.98. The highest BCUT2D eigenvalue weighted by Crippen LogP contribution is 2.38. The summed E-state index contributed by atoms with van der Waals surface area (Å²) in [4.78, 5) is 0. The molecule has 0 atom stereocenters. The molecule has 3 aromatic carbocycles. The molecule has 0 fully saturated rings. The third-order valence-corrected chi connectivity index (χ3v) is 4.93. The van der Waals surface area contributed by atoms with Crippen molar-refractivity contribution in [2.75, 3.05) is 0 Å². The van der Waals surface area contributed by atoms with E-state index in [-0.39, 0.29) is 12.3 Å². The lowest BCUT2D eigenvalue weighted by molar-refractivity contribution is 0.452. The molecular formula is C19H14FNO3S. The Hall–Kier alpha value is -2.70. The maximum Gasteiger partial charge on any atom is 0.382 e. The summed E-state index contributed by atoms with van der Waals surface area (Å²) in [5.74, 6) is -0.270. The number of halogens is 1. The van der Waals surface area contributed by atoms with Crippen molar-refractivity contribution in [3.05, 3.63) is 78.1 Å². The Kier molecular flexibility index (Phi) is 3.78. The molecular weight excluding hydrogens is 341 g/mol. The van der Waals surface area contributed by atoms with Crippen LogP contribution >= 0.6 is 0 Å². The van der Waals surface area contributed by atoms with Gasteiger partial charge in [-0.15, -0.1) is 0 Å². The summed E-state index contributed by atoms with van der Waals surface area (Å²) in [7, 11) is -3.87. The largest absolute Gasteiger partial charge is 0.382 e. The van der Waals surface area contributed by atoms with Crippen LogP contribution in [0.2, 0.25) is 0 Å². The van der Waals surface area contributed by atoms with Crippen LogP contribution in [0.15, 0.2) is 66.7 Å². The van der Waals surface area contributed by atoms with E-state index in [1.54, 1.807) is 6.07 Å². The minimum absolute atomic E-state index is 0.000796. The average Bonchev–Trinajstić information content (AvgIpc) is 2.62. The highest BCUT2D eigenvalue weighted by molar-refractivity contribution is 7.85. The molecule has 25 heavy (non-hydrogen) atoms. The number of fused-ring (bicyclic) bond motifs is 1. The standard InChI is InChI=1S/C19H14FNO3S/c20-17-10-16-12-21-25(22,23)24-19(16)18(11-17)15-8-4-7-14(9-15)13-5-2-1-3-6-13/h1-11,21H,12H2. The van der Waals surface area contributed by atoms with Gasteiger partial charge in [0.25, 0.3) is 0 Å². The molecule has 1 aliphatic heterocycles. The highest BCUT2D eigenvalue weighted by Gasteiger charge is 2.26. The van der Waals surface area contributed by atoms with Crippen molar-refractivity contribution in [3.63, 3.8) is 0 Å². The van der Waals surface area contributed by atoms with Crippen molar-refractivity contribution in [3.8, 4) is 28.0 Å². The van der Waals surface area contributed by atoms with Crippen molar-refractivity contribution in [2.24, 2.45) is 0 Å². The fraction of sp³-hybridized carbons (Fsp3) is 0.0526. The van der Waals surface area contributed by atoms with E-state index >= 15 is 0 Å². The first-order valence-corrected chi connectivity index (χ1v) is 9.10. The predicted molar refractivity (Wildman–Crippen MR) is 93.7 cm³/mol. The van der Waals surface area contributed by atoms with Gasteiger partial charge in [0.1, 0.15) is 5.82 Å². The molecule has 0 amide bonds. The van der Waals surface area contributed by atoms with E-state index in [4.69, 9.17) is 4.18 Å². The van der Waals surface area contributed by atoms with Gasteiger partial charge in [0, 0.05) is 17.7 Å². The second-order valence-electron chi connectivity index (χ2n) is 5.75. The predicted octanol–water partition coefficient (Wildman–Crippen LogP) is 3.89. The molecule has 0 saturated carbocycles. The number of benzene rings is 3. The number of hydrogen-bond acceptors (Lipinski definition) is 3. The topological polar surface area (TPSA) is 55.4 Å². The molecule has 1 heterocycles. The molecule has 1 N–H and O–H groups in total. The van der Waals surface area contributed by atoms with Crippen molar-refractivity contribution in [1.82, 2.24) is 4.72 Å². The fourth-order valence-corrected chi connectivity index (χ4v) is 3.70. The maximum absolute atomic E-state index is 14.0. The van der Waals surface area contributed by atoms with Gasteiger partial charge in [0.15, 0.2) is 5.75 Å². The lowest BCUT2D eigenvalue weighted by Crippen LogP contribution is -2.32. The van der Waals surface area contributed by atoms with Crippen LogP contribution in [0.25, 0.3) is 22.3 Å². The molecule has 0 bridgehead atoms. The Morgan fingerprint density at radius 1 is 0.880 bits per heavy atom. The minimum atomic E-state index is -3.87. The van der Waals surface area contributed by atoms with Crippen LogP contribution in [0.3, 0.4) is 0 Å². The van der Waals surface area contributed by atoms with Crippen LogP contribution in [0.5, 0.6) is 5.75 Å². The lowest BCUT2D eigenvalue weighted by Gasteiger charge is -2.21. The third kappa shape index (κ3) is 3.14. The van der Waals surface area contributed by atoms with Gasteiger partial charge in [0.2, 0.25) is 0 Å². The van der Waals surface area contributed by atoms with E-state index < -0.39 is 16.1 Å². The molecule has 0 radical (unpaired) electrons. The first-order chi connectivity index (χ1) is 12.0. The summed E-state index contributed by atoms with van der Waals surface area (Å²) in [5, 5.41) is 0. The summed E-state index contributed by atoms with van der Waals surface area (Å²) in [6.45, 7) is 0.000796. The van der Waals surface area contributed by atoms with Gasteiger partial charge in [-0.3, -0.25) is 0 Å². The molecule has 1 aliphatic rings. The molecule has 0 spiro atoms. The summed E-state index contributed by atoms with van der Waals surface area (Å²) < 4.78 is 44.9. The van der Waals surface area contributed by atoms with E-state index in [9.17, 15) is 12.8 Å². The van der Waals surface area contributed by atoms with E-state index in [0.29, 0.717) is 16.7 Å². The zero-order valence-electron chi connectivity index (χ0n) is 13.1. The minimum Gasteiger partial charge on any atom is -0.370 e. The Labute approximate surface area is 145 Å². The normalized spacial score (nSPS) is 15.2. The van der Waals surface area contributed by atoms with Crippen LogP contribution in [0, 0.1) is 5.82 Å². The summed E-state index contributed by atoms with van der Waals surface area (Å²) in [6.07, 6.45) is 0. The second-order valence-corrected chi connectivity index (χ2v) is 7.11. The Morgan fingerprint density at radius 2 is 1.60 bits per heavy atom. The van der Waals surface area contributed by atoms with Crippen LogP contribution in [-0.2, 0) is 16.8 Å². The average molecular weight is 355 g/mol. The van der Waals surface area contributed by atoms with Crippen LogP contribution < -0.4 is 8.91 Å². The highest BCUT2D eigenvalue weighted by atomic mass is 32.2. The fourth-order valence-electron chi connectivity index (χ4n) is 2.90. The van der Waals surface area contributed by atoms with Crippen molar-refractivity contribution in [2.45, 2.75) is 6.54 Å². The van der Waals surface area contributed by atoms with Crippen molar-refractivity contribution >= 4 is 10.3 Å². The van der Waals surface area contributed by atoms with Gasteiger partial charge in [-0.2, -0.15) is 13.1 Å². The van der Waals surface area contributed by atoms with Crippen molar-refractivity contribution < 1.29 is 17.0 Å². The zero-order valence-corrected chi connectivity index (χ0v) is 13.9. The molecule has 126 valence electrons. The lowest BCUT2D eigenvalue weighted by atomic mass is 9.97. The Balaban J connectivity index is 1.87. The monoisotopic (exact) mass is 355 g/mol. The SMILES string of the molecule is O=S1(=O)NCc2cc(F)cc(-c3cccc(-c4ccccc4)c3)c2O1. The van der Waals surface area contributed by atoms with Gasteiger partial charge >= 0.3 is 10.3 Å². The molecule has 4 nitrogen and oxygen atoms in total. The molecule has 0 unspecified atom stereocenters. The Bertz CT molecular complexity index is 1050. The van der Waals surface area contributed by atoms with Crippen molar-refractivity contribution in [1.29, 1.82) is 0 Å². The van der Waals surface area contributed by atoms with E-state index in [1.165, 1.54) is 12.1 Å². The van der Waals surface area contributed by atoms with E-state index in [0.717, 1.165) is 11.1 Å². The van der Waals surface area contributed by atoms with Gasteiger partial charge in [-0.1, -0.05) is 48.5 Å². The maximum atomic E-state index is 14.0. The number of rotatable bonds is 2. The number of hydrogen-bond donors (Lipinski definition) is 1.